The first-order chi connectivity index (χ1) is 18.7. The number of aliphatic hydroxyl groups is 1. The molecule has 5 heterocycles. The van der Waals surface area contributed by atoms with Crippen LogP contribution >= 0.6 is 0 Å². The lowest BCUT2D eigenvalue weighted by Gasteiger charge is -2.41. The molecule has 1 N–H and O–H groups in total. The number of hydrogen-bond donors (Lipinski definition) is 1. The number of carbonyl (C=O) groups excluding carboxylic acids is 3. The molecule has 0 radical (unpaired) electrons. The minimum Gasteiger partial charge on any atom is -0.465 e. The number of carbonyl (C=O) groups is 3. The number of para-hydroxylation sites is 1. The van der Waals surface area contributed by atoms with Crippen molar-refractivity contribution in [1.82, 2.24) is 24.8 Å². The Morgan fingerprint density at radius 3 is 2.67 bits per heavy atom. The summed E-state index contributed by atoms with van der Waals surface area (Å²) in [6.45, 7) is 5.79. The fourth-order valence-corrected chi connectivity index (χ4v) is 6.76. The van der Waals surface area contributed by atoms with E-state index in [1.54, 1.807) is 22.6 Å². The van der Waals surface area contributed by atoms with Crippen molar-refractivity contribution in [3.8, 4) is 0 Å². The zero-order chi connectivity index (χ0) is 27.5. The summed E-state index contributed by atoms with van der Waals surface area (Å²) in [5.74, 6) is -3.33. The predicted molar refractivity (Wildman–Crippen MR) is 139 cm³/mol. The van der Waals surface area contributed by atoms with Crippen LogP contribution in [-0.4, -0.2) is 90.7 Å². The molecule has 0 saturated carbocycles. The topological polar surface area (TPSA) is 127 Å². The van der Waals surface area contributed by atoms with E-state index >= 15 is 0 Å². The number of rotatable bonds is 5. The zero-order valence-electron chi connectivity index (χ0n) is 22.3. The first kappa shape index (κ1) is 25.7. The molecule has 1 aromatic carbocycles. The van der Waals surface area contributed by atoms with Gasteiger partial charge in [0.2, 0.25) is 5.91 Å². The molecule has 11 heteroatoms. The van der Waals surface area contributed by atoms with Gasteiger partial charge in [0.05, 0.1) is 36.3 Å². The van der Waals surface area contributed by atoms with Gasteiger partial charge in [0, 0.05) is 6.54 Å². The molecule has 2 amide bonds. The number of aliphatic hydroxyl groups excluding tert-OH is 1. The molecule has 1 spiro atoms. The fourth-order valence-electron chi connectivity index (χ4n) is 6.76. The minimum atomic E-state index is -1.41. The summed E-state index contributed by atoms with van der Waals surface area (Å²) < 4.78 is 13.9. The Bertz CT molecular complexity index is 1390. The fraction of sp³-hybridized carbons (Fsp3) is 0.536. The van der Waals surface area contributed by atoms with E-state index < -0.39 is 47.0 Å². The van der Waals surface area contributed by atoms with Crippen LogP contribution in [0.25, 0.3) is 11.0 Å². The second kappa shape index (κ2) is 9.27. The third-order valence-corrected chi connectivity index (χ3v) is 8.58. The number of amides is 2. The molecule has 6 rings (SSSR count). The van der Waals surface area contributed by atoms with Crippen LogP contribution in [0.3, 0.4) is 0 Å². The van der Waals surface area contributed by atoms with Crippen molar-refractivity contribution in [2.75, 3.05) is 19.8 Å². The van der Waals surface area contributed by atoms with Crippen molar-refractivity contribution in [3.63, 3.8) is 0 Å². The molecule has 206 valence electrons. The van der Waals surface area contributed by atoms with Crippen molar-refractivity contribution in [3.05, 3.63) is 48.6 Å². The summed E-state index contributed by atoms with van der Waals surface area (Å²) in [7, 11) is 0. The summed E-state index contributed by atoms with van der Waals surface area (Å²) in [5.41, 5.74) is -1.07. The second-order valence-corrected chi connectivity index (χ2v) is 11.3. The minimum absolute atomic E-state index is 0.108. The maximum atomic E-state index is 14.5. The van der Waals surface area contributed by atoms with Crippen LogP contribution < -0.4 is 0 Å². The van der Waals surface area contributed by atoms with E-state index in [0.717, 1.165) is 5.52 Å². The highest BCUT2D eigenvalue weighted by Crippen LogP contribution is 2.57. The molecule has 11 nitrogen and oxygen atoms in total. The van der Waals surface area contributed by atoms with Crippen LogP contribution in [0.5, 0.6) is 0 Å². The molecule has 0 aliphatic carbocycles. The summed E-state index contributed by atoms with van der Waals surface area (Å²) in [6, 6.07) is 5.74. The highest BCUT2D eigenvalue weighted by Gasteiger charge is 2.75. The lowest BCUT2D eigenvalue weighted by molar-refractivity contribution is -0.163. The quantitative estimate of drug-likeness (QED) is 0.448. The van der Waals surface area contributed by atoms with Gasteiger partial charge in [-0.3, -0.25) is 14.4 Å². The van der Waals surface area contributed by atoms with E-state index in [4.69, 9.17) is 9.47 Å². The molecule has 4 aliphatic heterocycles. The lowest BCUT2D eigenvalue weighted by atomic mass is 9.74. The van der Waals surface area contributed by atoms with E-state index in [2.05, 4.69) is 10.3 Å². The average Bonchev–Trinajstić information content (AvgIpc) is 3.45. The average molecular weight is 536 g/mol. The van der Waals surface area contributed by atoms with Crippen LogP contribution in [-0.2, 0) is 30.5 Å². The maximum absolute atomic E-state index is 14.5. The van der Waals surface area contributed by atoms with Crippen molar-refractivity contribution in [2.24, 2.45) is 17.8 Å². The summed E-state index contributed by atoms with van der Waals surface area (Å²) in [5, 5.41) is 18.8. The Balaban J connectivity index is 1.47. The smallest absolute Gasteiger partial charge is 0.313 e. The highest BCUT2D eigenvalue weighted by molar-refractivity contribution is 5.99. The van der Waals surface area contributed by atoms with Crippen molar-refractivity contribution < 1.29 is 29.0 Å². The first-order valence-corrected chi connectivity index (χ1v) is 13.4. The SMILES string of the molecule is CC(C)[C@H](CO)N1C(=O)[C@@H]2[C@H]3C(=O)OCCC=C[C@@]3(C)O[C@@]23C=CCN(Cn2nnc4ccccc42)C(=O)C13. The van der Waals surface area contributed by atoms with E-state index in [1.165, 1.54) is 4.90 Å². The van der Waals surface area contributed by atoms with Gasteiger partial charge in [-0.2, -0.15) is 0 Å². The number of aromatic nitrogens is 3. The third kappa shape index (κ3) is 3.74. The van der Waals surface area contributed by atoms with Gasteiger partial charge in [0.25, 0.3) is 5.91 Å². The number of likely N-dealkylation sites (tertiary alicyclic amines) is 1. The Morgan fingerprint density at radius 1 is 1.10 bits per heavy atom. The molecule has 0 bridgehead atoms. The monoisotopic (exact) mass is 535 g/mol. The molecule has 6 atom stereocenters. The summed E-state index contributed by atoms with van der Waals surface area (Å²) in [4.78, 5) is 45.2. The Morgan fingerprint density at radius 2 is 1.90 bits per heavy atom. The van der Waals surface area contributed by atoms with Crippen LogP contribution in [0.15, 0.2) is 48.6 Å². The summed E-state index contributed by atoms with van der Waals surface area (Å²) >= 11 is 0. The summed E-state index contributed by atoms with van der Waals surface area (Å²) in [6.07, 6.45) is 7.86. The number of fused-ring (bicyclic) bond motifs is 3. The molecular formula is C28H33N5O6. The number of esters is 1. The van der Waals surface area contributed by atoms with E-state index in [0.29, 0.717) is 11.9 Å². The van der Waals surface area contributed by atoms with Crippen molar-refractivity contribution in [2.45, 2.75) is 57.1 Å². The molecule has 1 unspecified atom stereocenters. The molecule has 39 heavy (non-hydrogen) atoms. The Kier molecular flexibility index (Phi) is 6.11. The van der Waals surface area contributed by atoms with Crippen LogP contribution in [0.4, 0.5) is 0 Å². The van der Waals surface area contributed by atoms with Gasteiger partial charge in [-0.1, -0.05) is 55.5 Å². The number of benzene rings is 1. The Labute approximate surface area is 226 Å². The maximum Gasteiger partial charge on any atom is 0.313 e. The van der Waals surface area contributed by atoms with E-state index in [1.807, 2.05) is 56.3 Å². The molecular weight excluding hydrogens is 502 g/mol. The number of ether oxygens (including phenoxy) is 2. The molecule has 1 aromatic heterocycles. The van der Waals surface area contributed by atoms with Crippen LogP contribution in [0, 0.1) is 17.8 Å². The highest BCUT2D eigenvalue weighted by atomic mass is 16.6. The van der Waals surface area contributed by atoms with Crippen molar-refractivity contribution >= 4 is 28.8 Å². The number of hydrogen-bond acceptors (Lipinski definition) is 8. The van der Waals surface area contributed by atoms with Crippen molar-refractivity contribution in [1.29, 1.82) is 0 Å². The van der Waals surface area contributed by atoms with E-state index in [-0.39, 0.29) is 38.3 Å². The van der Waals surface area contributed by atoms with Gasteiger partial charge in [-0.15, -0.1) is 5.10 Å². The van der Waals surface area contributed by atoms with Crippen LogP contribution in [0.1, 0.15) is 27.2 Å². The number of nitrogens with zero attached hydrogens (tertiary/aromatic N) is 5. The molecule has 2 fully saturated rings. The van der Waals surface area contributed by atoms with Gasteiger partial charge in [-0.25, -0.2) is 4.68 Å². The Hall–Kier alpha value is -3.57. The normalized spacial score (nSPS) is 33.1. The van der Waals surface area contributed by atoms with E-state index in [9.17, 15) is 19.5 Å². The van der Waals surface area contributed by atoms with Gasteiger partial charge >= 0.3 is 5.97 Å². The van der Waals surface area contributed by atoms with Gasteiger partial charge < -0.3 is 24.4 Å². The van der Waals surface area contributed by atoms with Crippen LogP contribution in [0.2, 0.25) is 0 Å². The van der Waals surface area contributed by atoms with Gasteiger partial charge in [-0.05, 0) is 31.4 Å². The predicted octanol–water partition coefficient (Wildman–Crippen LogP) is 1.28. The zero-order valence-corrected chi connectivity index (χ0v) is 22.3. The molecule has 2 aromatic rings. The number of cyclic esters (lactones) is 1. The third-order valence-electron chi connectivity index (χ3n) is 8.58. The largest absolute Gasteiger partial charge is 0.465 e. The molecule has 4 aliphatic rings. The lowest BCUT2D eigenvalue weighted by Crippen LogP contribution is -2.59. The first-order valence-electron chi connectivity index (χ1n) is 13.4. The van der Waals surface area contributed by atoms with Gasteiger partial charge in [0.1, 0.15) is 29.7 Å². The standard InChI is InChI=1S/C28H33N5O6/c1-17(2)20(15-34)33-23-25(36)31(16-32-19-10-5-4-9-18(19)29-30-32)13-8-12-28(23)21(24(33)35)22-26(37)38-14-7-6-11-27(22,3)39-28/h4-6,8-12,17,20-23,34H,7,13-16H2,1-3H3/t20-,21-,22-,23?,27+,28-/m0/s1. The molecule has 2 saturated heterocycles. The van der Waals surface area contributed by atoms with Gasteiger partial charge in [0.15, 0.2) is 0 Å². The second-order valence-electron chi connectivity index (χ2n) is 11.3.